The zero-order valence-corrected chi connectivity index (χ0v) is 14.0. The maximum Gasteiger partial charge on any atom is 0.217 e. The summed E-state index contributed by atoms with van der Waals surface area (Å²) in [5.41, 5.74) is 2.14. The predicted octanol–water partition coefficient (Wildman–Crippen LogP) is 4.95. The highest BCUT2D eigenvalue weighted by Crippen LogP contribution is 2.27. The van der Waals surface area contributed by atoms with Crippen LogP contribution >= 0.6 is 0 Å². The molecule has 1 atom stereocenters. The van der Waals surface area contributed by atoms with Crippen molar-refractivity contribution < 1.29 is 14.5 Å². The number of rotatable bonds is 8. The summed E-state index contributed by atoms with van der Waals surface area (Å²) >= 11 is 0. The highest BCUT2D eigenvalue weighted by molar-refractivity contribution is 5.65. The molecule has 23 heavy (non-hydrogen) atoms. The van der Waals surface area contributed by atoms with Gasteiger partial charge < -0.3 is 4.74 Å². The third-order valence-electron chi connectivity index (χ3n) is 3.56. The molecule has 2 rings (SSSR count). The average molecular weight is 312 g/mol. The Balaban J connectivity index is 2.06. The summed E-state index contributed by atoms with van der Waals surface area (Å²) in [4.78, 5) is 11.3. The lowest BCUT2D eigenvalue weighted by Gasteiger charge is -2.27. The summed E-state index contributed by atoms with van der Waals surface area (Å²) in [6.45, 7) is 10.4. The quantitative estimate of drug-likeness (QED) is 0.392. The molecular weight excluding hydrogens is 288 g/mol. The van der Waals surface area contributed by atoms with Gasteiger partial charge in [0.15, 0.2) is 0 Å². The summed E-state index contributed by atoms with van der Waals surface area (Å²) in [5, 5.41) is 0. The molecule has 0 amide bonds. The Morgan fingerprint density at radius 2 is 1.57 bits per heavy atom. The fraction of sp³-hybridized carbons (Fsp3) is 0.300. The normalized spacial score (nSPS) is 12.8. The lowest BCUT2D eigenvalue weighted by Crippen LogP contribution is -2.27. The fourth-order valence-electron chi connectivity index (χ4n) is 2.18. The minimum absolute atomic E-state index is 0.506. The van der Waals surface area contributed by atoms with Gasteiger partial charge in [0.05, 0.1) is 0 Å². The van der Waals surface area contributed by atoms with E-state index in [1.54, 1.807) is 0 Å². The molecular formula is C20H24O3. The van der Waals surface area contributed by atoms with Crippen LogP contribution in [0.5, 0.6) is 0 Å². The van der Waals surface area contributed by atoms with Crippen LogP contribution in [0.1, 0.15) is 31.9 Å². The lowest BCUT2D eigenvalue weighted by molar-refractivity contribution is -0.408. The van der Waals surface area contributed by atoms with Gasteiger partial charge in [-0.3, -0.25) is 0 Å². The van der Waals surface area contributed by atoms with Gasteiger partial charge in [-0.1, -0.05) is 67.2 Å². The third kappa shape index (κ3) is 4.76. The number of hydrogen-bond acceptors (Lipinski definition) is 3. The Kier molecular flexibility index (Phi) is 6.11. The molecule has 0 saturated heterocycles. The van der Waals surface area contributed by atoms with Crippen LogP contribution in [0.4, 0.5) is 0 Å². The molecule has 0 aliphatic heterocycles. The molecule has 0 saturated carbocycles. The van der Waals surface area contributed by atoms with Gasteiger partial charge in [-0.25, -0.2) is 4.89 Å². The monoisotopic (exact) mass is 312 g/mol. The second-order valence-corrected chi connectivity index (χ2v) is 5.73. The van der Waals surface area contributed by atoms with Crippen molar-refractivity contribution in [2.75, 3.05) is 6.61 Å². The van der Waals surface area contributed by atoms with Crippen molar-refractivity contribution in [1.82, 2.24) is 0 Å². The van der Waals surface area contributed by atoms with E-state index in [1.807, 2.05) is 81.4 Å². The zero-order valence-electron chi connectivity index (χ0n) is 14.0. The van der Waals surface area contributed by atoms with E-state index in [2.05, 4.69) is 6.58 Å². The molecule has 0 aromatic heterocycles. The molecule has 1 unspecified atom stereocenters. The smallest absolute Gasteiger partial charge is 0.217 e. The summed E-state index contributed by atoms with van der Waals surface area (Å²) in [7, 11) is 0. The van der Waals surface area contributed by atoms with Crippen LogP contribution in [0.25, 0.3) is 5.57 Å². The molecule has 2 aromatic carbocycles. The predicted molar refractivity (Wildman–Crippen MR) is 92.5 cm³/mol. The zero-order chi connectivity index (χ0) is 16.7. The Bertz CT molecular complexity index is 605. The van der Waals surface area contributed by atoms with Crippen LogP contribution < -0.4 is 0 Å². The van der Waals surface area contributed by atoms with E-state index in [4.69, 9.17) is 14.5 Å². The van der Waals surface area contributed by atoms with E-state index >= 15 is 0 Å². The van der Waals surface area contributed by atoms with Gasteiger partial charge in [-0.2, -0.15) is 4.89 Å². The first-order valence-corrected chi connectivity index (χ1v) is 7.80. The minimum Gasteiger partial charge on any atom is -0.346 e. The molecule has 0 radical (unpaired) electrons. The molecule has 3 nitrogen and oxygen atoms in total. The van der Waals surface area contributed by atoms with E-state index in [9.17, 15) is 0 Å². The summed E-state index contributed by atoms with van der Waals surface area (Å²) in [6, 6.07) is 19.8. The second-order valence-electron chi connectivity index (χ2n) is 5.73. The summed E-state index contributed by atoms with van der Waals surface area (Å²) < 4.78 is 5.64. The third-order valence-corrected chi connectivity index (χ3v) is 3.56. The molecule has 122 valence electrons. The first-order chi connectivity index (χ1) is 11.0. The van der Waals surface area contributed by atoms with Crippen LogP contribution in [0.2, 0.25) is 0 Å². The highest BCUT2D eigenvalue weighted by atomic mass is 17.2. The standard InChI is InChI=1S/C20H24O3/c1-5-21-19(16(2)17-12-8-6-9-13-17)22-23-20(3,4)18-14-10-7-11-15-18/h6-15,19H,2,5H2,1,3-4H3. The Morgan fingerprint density at radius 3 is 2.13 bits per heavy atom. The first kappa shape index (κ1) is 17.4. The van der Waals surface area contributed by atoms with Crippen LogP contribution in [0.15, 0.2) is 67.2 Å². The number of benzene rings is 2. The molecule has 0 bridgehead atoms. The van der Waals surface area contributed by atoms with Crippen LogP contribution in [0.3, 0.4) is 0 Å². The molecule has 0 aliphatic rings. The number of ether oxygens (including phenoxy) is 1. The van der Waals surface area contributed by atoms with E-state index in [-0.39, 0.29) is 0 Å². The van der Waals surface area contributed by atoms with E-state index in [0.717, 1.165) is 16.7 Å². The van der Waals surface area contributed by atoms with Crippen molar-refractivity contribution in [2.24, 2.45) is 0 Å². The van der Waals surface area contributed by atoms with Gasteiger partial charge in [0.25, 0.3) is 0 Å². The molecule has 0 aliphatic carbocycles. The van der Waals surface area contributed by atoms with Gasteiger partial charge in [0, 0.05) is 12.2 Å². The van der Waals surface area contributed by atoms with Crippen molar-refractivity contribution in [3.8, 4) is 0 Å². The Hall–Kier alpha value is -1.94. The van der Waals surface area contributed by atoms with Gasteiger partial charge in [0.2, 0.25) is 6.29 Å². The van der Waals surface area contributed by atoms with Crippen molar-refractivity contribution >= 4 is 5.57 Å². The minimum atomic E-state index is -0.648. The van der Waals surface area contributed by atoms with Crippen molar-refractivity contribution in [1.29, 1.82) is 0 Å². The van der Waals surface area contributed by atoms with E-state index in [1.165, 1.54) is 0 Å². The SMILES string of the molecule is C=C(c1ccccc1)C(OCC)OOC(C)(C)c1ccccc1. The summed E-state index contributed by atoms with van der Waals surface area (Å²) in [5.74, 6) is 0. The molecule has 2 aromatic rings. The topological polar surface area (TPSA) is 27.7 Å². The average Bonchev–Trinajstić information content (AvgIpc) is 2.59. The largest absolute Gasteiger partial charge is 0.346 e. The highest BCUT2D eigenvalue weighted by Gasteiger charge is 2.26. The molecule has 0 N–H and O–H groups in total. The summed E-state index contributed by atoms with van der Waals surface area (Å²) in [6.07, 6.45) is -0.648. The van der Waals surface area contributed by atoms with Crippen molar-refractivity contribution in [3.05, 3.63) is 78.4 Å². The van der Waals surface area contributed by atoms with Gasteiger partial charge in [-0.05, 0) is 31.9 Å². The molecule has 0 spiro atoms. The first-order valence-electron chi connectivity index (χ1n) is 7.80. The Morgan fingerprint density at radius 1 is 1.00 bits per heavy atom. The van der Waals surface area contributed by atoms with E-state index in [0.29, 0.717) is 6.61 Å². The van der Waals surface area contributed by atoms with Crippen molar-refractivity contribution in [3.63, 3.8) is 0 Å². The fourth-order valence-corrected chi connectivity index (χ4v) is 2.18. The van der Waals surface area contributed by atoms with Crippen LogP contribution in [-0.2, 0) is 20.1 Å². The maximum absolute atomic E-state index is 5.69. The Labute approximate surface area is 138 Å². The van der Waals surface area contributed by atoms with Gasteiger partial charge in [0.1, 0.15) is 5.60 Å². The molecule has 0 fully saturated rings. The van der Waals surface area contributed by atoms with Crippen LogP contribution in [-0.4, -0.2) is 12.9 Å². The molecule has 0 heterocycles. The van der Waals surface area contributed by atoms with E-state index < -0.39 is 11.9 Å². The maximum atomic E-state index is 5.69. The van der Waals surface area contributed by atoms with Crippen LogP contribution in [0, 0.1) is 0 Å². The molecule has 3 heteroatoms. The lowest BCUT2D eigenvalue weighted by atomic mass is 9.99. The number of hydrogen-bond donors (Lipinski definition) is 0. The van der Waals surface area contributed by atoms with Gasteiger partial charge in [-0.15, -0.1) is 0 Å². The second kappa shape index (κ2) is 8.06. The van der Waals surface area contributed by atoms with Gasteiger partial charge >= 0.3 is 0 Å². The van der Waals surface area contributed by atoms with Crippen molar-refractivity contribution in [2.45, 2.75) is 32.7 Å².